The van der Waals surface area contributed by atoms with Gasteiger partial charge in [0.1, 0.15) is 5.69 Å². The Balaban J connectivity index is 2.09. The Hall–Kier alpha value is -1.82. The molecule has 3 N–H and O–H groups in total. The summed E-state index contributed by atoms with van der Waals surface area (Å²) in [5.41, 5.74) is 6.80. The summed E-state index contributed by atoms with van der Waals surface area (Å²) in [7, 11) is 1.75. The van der Waals surface area contributed by atoms with Crippen LogP contribution in [0.1, 0.15) is 50.0 Å². The zero-order valence-electron chi connectivity index (χ0n) is 13.5. The molecule has 1 aliphatic carbocycles. The number of aryl methyl sites for hydroxylation is 1. The van der Waals surface area contributed by atoms with Crippen molar-refractivity contribution in [3.8, 4) is 0 Å². The molecule has 2 atom stereocenters. The molecule has 2 unspecified atom stereocenters. The fourth-order valence-electron chi connectivity index (χ4n) is 3.06. The van der Waals surface area contributed by atoms with E-state index < -0.39 is 11.5 Å². The molecule has 2 rings (SSSR count). The molecule has 0 aromatic carbocycles. The first-order valence-corrected chi connectivity index (χ1v) is 7.78. The lowest BCUT2D eigenvalue weighted by molar-refractivity contribution is -0.122. The number of ether oxygens (including phenoxy) is 1. The highest BCUT2D eigenvalue weighted by atomic mass is 16.5. The van der Waals surface area contributed by atoms with Crippen LogP contribution in [0.15, 0.2) is 12.3 Å². The fourth-order valence-corrected chi connectivity index (χ4v) is 3.06. The number of nitrogens with two attached hydrogens (primary N) is 1. The van der Waals surface area contributed by atoms with Gasteiger partial charge >= 0.3 is 5.97 Å². The van der Waals surface area contributed by atoms with Crippen molar-refractivity contribution in [3.05, 3.63) is 18.0 Å². The lowest BCUT2D eigenvalue weighted by Crippen LogP contribution is -2.51. The number of carbonyl (C=O) groups is 2. The second kappa shape index (κ2) is 6.52. The van der Waals surface area contributed by atoms with E-state index >= 15 is 0 Å². The van der Waals surface area contributed by atoms with Gasteiger partial charge < -0.3 is 20.4 Å². The van der Waals surface area contributed by atoms with E-state index in [2.05, 4.69) is 5.32 Å². The van der Waals surface area contributed by atoms with Crippen LogP contribution in [0.4, 0.5) is 5.69 Å². The van der Waals surface area contributed by atoms with Crippen molar-refractivity contribution < 1.29 is 14.3 Å². The van der Waals surface area contributed by atoms with E-state index in [0.717, 1.165) is 25.7 Å². The molecule has 0 aliphatic heterocycles. The molecule has 1 aromatic rings. The van der Waals surface area contributed by atoms with Crippen molar-refractivity contribution in [3.63, 3.8) is 0 Å². The first-order valence-electron chi connectivity index (χ1n) is 7.78. The number of carbonyl (C=O) groups excluding carboxylic acids is 2. The second-order valence-corrected chi connectivity index (χ2v) is 6.24. The van der Waals surface area contributed by atoms with E-state index in [1.165, 1.54) is 0 Å². The molecule has 122 valence electrons. The molecule has 0 saturated heterocycles. The van der Waals surface area contributed by atoms with Crippen LogP contribution < -0.4 is 11.1 Å². The summed E-state index contributed by atoms with van der Waals surface area (Å²) in [6.45, 7) is 4.01. The molecule has 1 aromatic heterocycles. The Labute approximate surface area is 131 Å². The number of hydrogen-bond donors (Lipinski definition) is 2. The van der Waals surface area contributed by atoms with E-state index in [4.69, 9.17) is 10.5 Å². The maximum Gasteiger partial charge on any atom is 0.355 e. The van der Waals surface area contributed by atoms with Crippen LogP contribution in [0.3, 0.4) is 0 Å². The average molecular weight is 307 g/mol. The lowest BCUT2D eigenvalue weighted by Gasteiger charge is -2.37. The van der Waals surface area contributed by atoms with Gasteiger partial charge in [-0.3, -0.25) is 4.79 Å². The molecule has 1 heterocycles. The van der Waals surface area contributed by atoms with Crippen molar-refractivity contribution in [2.45, 2.75) is 45.1 Å². The number of aromatic nitrogens is 1. The Morgan fingerprint density at radius 3 is 2.86 bits per heavy atom. The molecule has 1 aliphatic rings. The van der Waals surface area contributed by atoms with Gasteiger partial charge in [-0.15, -0.1) is 0 Å². The molecule has 22 heavy (non-hydrogen) atoms. The molecule has 6 heteroatoms. The fraction of sp³-hybridized carbons (Fsp3) is 0.625. The number of nitrogens with one attached hydrogen (secondary N) is 1. The number of amides is 1. The quantitative estimate of drug-likeness (QED) is 0.834. The second-order valence-electron chi connectivity index (χ2n) is 6.24. The summed E-state index contributed by atoms with van der Waals surface area (Å²) in [5.74, 6) is -0.676. The Kier molecular flexibility index (Phi) is 4.90. The maximum atomic E-state index is 12.5. The number of anilines is 1. The van der Waals surface area contributed by atoms with Crippen LogP contribution in [0.5, 0.6) is 0 Å². The van der Waals surface area contributed by atoms with Gasteiger partial charge in [-0.05, 0) is 32.8 Å². The van der Waals surface area contributed by atoms with E-state index in [-0.39, 0.29) is 11.8 Å². The van der Waals surface area contributed by atoms with E-state index in [1.54, 1.807) is 30.8 Å². The van der Waals surface area contributed by atoms with E-state index in [9.17, 15) is 9.59 Å². The third-order valence-electron chi connectivity index (χ3n) is 4.33. The molecule has 0 bridgehead atoms. The first-order chi connectivity index (χ1) is 10.3. The minimum Gasteiger partial charge on any atom is -0.461 e. The molecular weight excluding hydrogens is 282 g/mol. The first kappa shape index (κ1) is 16.5. The molecule has 1 saturated carbocycles. The molecular formula is C16H25N3O3. The van der Waals surface area contributed by atoms with Crippen LogP contribution in [-0.2, 0) is 16.6 Å². The van der Waals surface area contributed by atoms with Crippen molar-refractivity contribution in [1.82, 2.24) is 4.57 Å². The van der Waals surface area contributed by atoms with Crippen LogP contribution in [0.25, 0.3) is 0 Å². The Bertz CT molecular complexity index is 563. The van der Waals surface area contributed by atoms with Crippen LogP contribution in [0, 0.1) is 5.92 Å². The minimum atomic E-state index is -0.471. The molecule has 0 spiro atoms. The highest BCUT2D eigenvalue weighted by molar-refractivity contribution is 5.95. The number of rotatable bonds is 4. The third kappa shape index (κ3) is 3.50. The van der Waals surface area contributed by atoms with Gasteiger partial charge in [-0.25, -0.2) is 4.79 Å². The lowest BCUT2D eigenvalue weighted by atomic mass is 9.74. The maximum absolute atomic E-state index is 12.5. The summed E-state index contributed by atoms with van der Waals surface area (Å²) in [5, 5.41) is 2.88. The largest absolute Gasteiger partial charge is 0.461 e. The zero-order valence-corrected chi connectivity index (χ0v) is 13.5. The molecule has 0 radical (unpaired) electrons. The highest BCUT2D eigenvalue weighted by Crippen LogP contribution is 2.32. The predicted octanol–water partition coefficient (Wildman–Crippen LogP) is 2.05. The molecule has 6 nitrogen and oxygen atoms in total. The van der Waals surface area contributed by atoms with Gasteiger partial charge in [0.2, 0.25) is 5.91 Å². The number of hydrogen-bond acceptors (Lipinski definition) is 4. The summed E-state index contributed by atoms with van der Waals surface area (Å²) >= 11 is 0. The Morgan fingerprint density at radius 2 is 2.23 bits per heavy atom. The SMILES string of the molecule is CCOC(=O)c1cc(NC(=O)C2CCCCC2(C)N)cn1C. The van der Waals surface area contributed by atoms with Crippen molar-refractivity contribution in [2.24, 2.45) is 18.7 Å². The van der Waals surface area contributed by atoms with Crippen LogP contribution in [0.2, 0.25) is 0 Å². The standard InChI is InChI=1S/C16H25N3O3/c1-4-22-15(21)13-9-11(10-19(13)3)18-14(20)12-7-5-6-8-16(12,2)17/h9-10,12H,4-8,17H2,1-3H3,(H,18,20). The predicted molar refractivity (Wildman–Crippen MR) is 84.5 cm³/mol. The average Bonchev–Trinajstić information content (AvgIpc) is 2.79. The topological polar surface area (TPSA) is 86.3 Å². The number of nitrogens with zero attached hydrogens (tertiary/aromatic N) is 1. The van der Waals surface area contributed by atoms with Crippen molar-refractivity contribution in [2.75, 3.05) is 11.9 Å². The zero-order chi connectivity index (χ0) is 16.3. The van der Waals surface area contributed by atoms with Gasteiger partial charge in [0.05, 0.1) is 18.2 Å². The van der Waals surface area contributed by atoms with Crippen molar-refractivity contribution in [1.29, 1.82) is 0 Å². The van der Waals surface area contributed by atoms with Gasteiger partial charge in [-0.1, -0.05) is 12.8 Å². The van der Waals surface area contributed by atoms with Gasteiger partial charge in [0.15, 0.2) is 0 Å². The Morgan fingerprint density at radius 1 is 1.50 bits per heavy atom. The van der Waals surface area contributed by atoms with Gasteiger partial charge in [0.25, 0.3) is 0 Å². The number of esters is 1. The third-order valence-corrected chi connectivity index (χ3v) is 4.33. The monoisotopic (exact) mass is 307 g/mol. The molecule has 1 fully saturated rings. The summed E-state index contributed by atoms with van der Waals surface area (Å²) in [4.78, 5) is 24.3. The van der Waals surface area contributed by atoms with E-state index in [0.29, 0.717) is 18.0 Å². The minimum absolute atomic E-state index is 0.0780. The summed E-state index contributed by atoms with van der Waals surface area (Å²) in [6.07, 6.45) is 5.45. The molecule has 1 amide bonds. The van der Waals surface area contributed by atoms with Gasteiger partial charge in [-0.2, -0.15) is 0 Å². The van der Waals surface area contributed by atoms with Gasteiger partial charge in [0, 0.05) is 18.8 Å². The van der Waals surface area contributed by atoms with Crippen LogP contribution in [-0.4, -0.2) is 28.6 Å². The summed E-state index contributed by atoms with van der Waals surface area (Å²) < 4.78 is 6.63. The van der Waals surface area contributed by atoms with Crippen LogP contribution >= 0.6 is 0 Å². The summed E-state index contributed by atoms with van der Waals surface area (Å²) in [6, 6.07) is 1.63. The highest BCUT2D eigenvalue weighted by Gasteiger charge is 2.37. The van der Waals surface area contributed by atoms with E-state index in [1.807, 2.05) is 6.92 Å². The normalized spacial score (nSPS) is 24.8. The smallest absolute Gasteiger partial charge is 0.355 e. The van der Waals surface area contributed by atoms with Crippen molar-refractivity contribution >= 4 is 17.6 Å².